The normalized spacial score (nSPS) is 10.8. The van der Waals surface area contributed by atoms with Gasteiger partial charge in [0.25, 0.3) is 0 Å². The first-order valence-electron chi connectivity index (χ1n) is 3.18. The molecule has 11 heavy (non-hydrogen) atoms. The molecule has 0 aliphatic heterocycles. The van der Waals surface area contributed by atoms with E-state index in [0.717, 1.165) is 6.07 Å². The highest BCUT2D eigenvalue weighted by atomic mass is 19.1. The molecule has 0 saturated heterocycles. The van der Waals surface area contributed by atoms with Crippen molar-refractivity contribution in [2.75, 3.05) is 0 Å². The van der Waals surface area contributed by atoms with Gasteiger partial charge in [0.2, 0.25) is 5.95 Å². The third-order valence-corrected chi connectivity index (χ3v) is 1.12. The Morgan fingerprint density at radius 2 is 2.09 bits per heavy atom. The second-order valence-electron chi connectivity index (χ2n) is 2.03. The molecule has 0 unspecified atom stereocenters. The van der Waals surface area contributed by atoms with E-state index in [4.69, 9.17) is 0 Å². The summed E-state index contributed by atoms with van der Waals surface area (Å²) in [7, 11) is 0. The molecule has 0 aliphatic carbocycles. The number of rotatable bonds is 1. The Bertz CT molecular complexity index is 261. The van der Waals surface area contributed by atoms with E-state index in [-0.39, 0.29) is 0 Å². The minimum absolute atomic E-state index is 0.296. The van der Waals surface area contributed by atoms with Crippen LogP contribution in [-0.4, -0.2) is 4.98 Å². The highest BCUT2D eigenvalue weighted by Crippen LogP contribution is 2.04. The number of hydrogen-bond donors (Lipinski definition) is 0. The van der Waals surface area contributed by atoms with Crippen molar-refractivity contribution >= 4 is 6.08 Å². The number of allylic oxidation sites excluding steroid dienone is 1. The monoisotopic (exact) mass is 155 g/mol. The summed E-state index contributed by atoms with van der Waals surface area (Å²) >= 11 is 0. The molecule has 1 nitrogen and oxygen atoms in total. The summed E-state index contributed by atoms with van der Waals surface area (Å²) in [5.74, 6) is -1.40. The van der Waals surface area contributed by atoms with E-state index in [0.29, 0.717) is 5.69 Å². The third-order valence-electron chi connectivity index (χ3n) is 1.12. The summed E-state index contributed by atoms with van der Waals surface area (Å²) in [6.45, 7) is 1.75. The molecule has 0 spiro atoms. The maximum absolute atomic E-state index is 12.4. The van der Waals surface area contributed by atoms with Crippen LogP contribution in [0.5, 0.6) is 0 Å². The van der Waals surface area contributed by atoms with E-state index in [1.807, 2.05) is 0 Å². The predicted octanol–water partition coefficient (Wildman–Crippen LogP) is 2.39. The molecule has 0 radical (unpaired) electrons. The fraction of sp³-hybridized carbons (Fsp3) is 0.125. The van der Waals surface area contributed by atoms with Crippen LogP contribution in [0.3, 0.4) is 0 Å². The van der Waals surface area contributed by atoms with Gasteiger partial charge in [-0.25, -0.2) is 9.37 Å². The average Bonchev–Trinajstić information content (AvgIpc) is 1.85. The largest absolute Gasteiger partial charge is 0.220 e. The summed E-state index contributed by atoms with van der Waals surface area (Å²) in [4.78, 5) is 3.43. The summed E-state index contributed by atoms with van der Waals surface area (Å²) in [6.07, 6.45) is 3.20. The first-order valence-corrected chi connectivity index (χ1v) is 3.18. The molecule has 0 aliphatic rings. The quantitative estimate of drug-likeness (QED) is 0.567. The Kier molecular flexibility index (Phi) is 2.31. The van der Waals surface area contributed by atoms with Crippen molar-refractivity contribution in [1.82, 2.24) is 4.98 Å². The SMILES string of the molecule is C/C=C/c1cc(F)cc(F)n1. The average molecular weight is 155 g/mol. The van der Waals surface area contributed by atoms with Gasteiger partial charge in [0, 0.05) is 6.07 Å². The molecular weight excluding hydrogens is 148 g/mol. The minimum atomic E-state index is -0.793. The Labute approximate surface area is 63.4 Å². The summed E-state index contributed by atoms with van der Waals surface area (Å²) < 4.78 is 24.8. The Hall–Kier alpha value is -1.25. The lowest BCUT2D eigenvalue weighted by atomic mass is 10.3. The van der Waals surface area contributed by atoms with Crippen molar-refractivity contribution in [2.45, 2.75) is 6.92 Å². The van der Waals surface area contributed by atoms with E-state index >= 15 is 0 Å². The number of aromatic nitrogens is 1. The van der Waals surface area contributed by atoms with E-state index < -0.39 is 11.8 Å². The molecule has 0 fully saturated rings. The number of hydrogen-bond acceptors (Lipinski definition) is 1. The fourth-order valence-electron chi connectivity index (χ4n) is 0.741. The molecule has 58 valence electrons. The van der Waals surface area contributed by atoms with Gasteiger partial charge < -0.3 is 0 Å². The molecule has 0 aromatic carbocycles. The molecule has 0 amide bonds. The van der Waals surface area contributed by atoms with Crippen molar-refractivity contribution in [3.8, 4) is 0 Å². The van der Waals surface area contributed by atoms with Crippen molar-refractivity contribution in [3.63, 3.8) is 0 Å². The van der Waals surface area contributed by atoms with Crippen LogP contribution in [0.4, 0.5) is 8.78 Å². The van der Waals surface area contributed by atoms with E-state index in [9.17, 15) is 8.78 Å². The van der Waals surface area contributed by atoms with Gasteiger partial charge in [-0.3, -0.25) is 0 Å². The summed E-state index contributed by atoms with van der Waals surface area (Å²) in [5.41, 5.74) is 0.296. The molecule has 1 aromatic heterocycles. The zero-order valence-corrected chi connectivity index (χ0v) is 6.01. The van der Waals surface area contributed by atoms with Gasteiger partial charge in [-0.05, 0) is 19.1 Å². The first kappa shape index (κ1) is 7.85. The van der Waals surface area contributed by atoms with Crippen molar-refractivity contribution in [2.24, 2.45) is 0 Å². The van der Waals surface area contributed by atoms with Crippen LogP contribution < -0.4 is 0 Å². The van der Waals surface area contributed by atoms with Gasteiger partial charge in [-0.2, -0.15) is 4.39 Å². The zero-order valence-electron chi connectivity index (χ0n) is 6.01. The van der Waals surface area contributed by atoms with Crippen LogP contribution in [0.15, 0.2) is 18.2 Å². The summed E-state index contributed by atoms with van der Waals surface area (Å²) in [6, 6.07) is 1.91. The fourth-order valence-corrected chi connectivity index (χ4v) is 0.741. The van der Waals surface area contributed by atoms with E-state index in [1.165, 1.54) is 12.1 Å². The number of halogens is 2. The predicted molar refractivity (Wildman–Crippen MR) is 38.9 cm³/mol. The summed E-state index contributed by atoms with van der Waals surface area (Å²) in [5, 5.41) is 0. The van der Waals surface area contributed by atoms with Crippen molar-refractivity contribution in [1.29, 1.82) is 0 Å². The number of nitrogens with zero attached hydrogens (tertiary/aromatic N) is 1. The maximum atomic E-state index is 12.4. The molecule has 3 heteroatoms. The van der Waals surface area contributed by atoms with Crippen LogP contribution in [0.2, 0.25) is 0 Å². The van der Waals surface area contributed by atoms with Crippen molar-refractivity contribution < 1.29 is 8.78 Å². The second kappa shape index (κ2) is 3.23. The highest BCUT2D eigenvalue weighted by molar-refractivity contribution is 5.43. The second-order valence-corrected chi connectivity index (χ2v) is 2.03. The molecule has 1 heterocycles. The van der Waals surface area contributed by atoms with Gasteiger partial charge in [-0.1, -0.05) is 6.08 Å². The Balaban J connectivity index is 3.08. The molecule has 0 saturated carbocycles. The van der Waals surface area contributed by atoms with Gasteiger partial charge in [0.05, 0.1) is 5.69 Å². The van der Waals surface area contributed by atoms with Crippen LogP contribution >= 0.6 is 0 Å². The maximum Gasteiger partial charge on any atom is 0.216 e. The van der Waals surface area contributed by atoms with Gasteiger partial charge in [0.15, 0.2) is 0 Å². The molecular formula is C8H7F2N. The lowest BCUT2D eigenvalue weighted by Crippen LogP contribution is -1.88. The minimum Gasteiger partial charge on any atom is -0.220 e. The van der Waals surface area contributed by atoms with Gasteiger partial charge in [-0.15, -0.1) is 0 Å². The zero-order chi connectivity index (χ0) is 8.27. The molecule has 0 bridgehead atoms. The molecule has 0 atom stereocenters. The topological polar surface area (TPSA) is 12.9 Å². The van der Waals surface area contributed by atoms with Crippen LogP contribution in [-0.2, 0) is 0 Å². The van der Waals surface area contributed by atoms with E-state index in [1.54, 1.807) is 13.0 Å². The standard InChI is InChI=1S/C8H7F2N/c1-2-3-7-4-6(9)5-8(10)11-7/h2-5H,1H3/b3-2+. The van der Waals surface area contributed by atoms with E-state index in [2.05, 4.69) is 4.98 Å². The lowest BCUT2D eigenvalue weighted by Gasteiger charge is -1.92. The van der Waals surface area contributed by atoms with Crippen LogP contribution in [0, 0.1) is 11.8 Å². The molecule has 1 aromatic rings. The Morgan fingerprint density at radius 1 is 1.36 bits per heavy atom. The van der Waals surface area contributed by atoms with Gasteiger partial charge >= 0.3 is 0 Å². The smallest absolute Gasteiger partial charge is 0.216 e. The molecule has 1 rings (SSSR count). The Morgan fingerprint density at radius 3 is 2.64 bits per heavy atom. The molecule has 0 N–H and O–H groups in total. The lowest BCUT2D eigenvalue weighted by molar-refractivity contribution is 0.551. The first-order chi connectivity index (χ1) is 5.22. The number of pyridine rings is 1. The van der Waals surface area contributed by atoms with Gasteiger partial charge in [0.1, 0.15) is 5.82 Å². The third kappa shape index (κ3) is 2.11. The van der Waals surface area contributed by atoms with Crippen LogP contribution in [0.1, 0.15) is 12.6 Å². The van der Waals surface area contributed by atoms with Crippen molar-refractivity contribution in [3.05, 3.63) is 35.7 Å². The van der Waals surface area contributed by atoms with Crippen LogP contribution in [0.25, 0.3) is 6.08 Å². The highest BCUT2D eigenvalue weighted by Gasteiger charge is 1.97.